The van der Waals surface area contributed by atoms with Crippen molar-refractivity contribution in [3.05, 3.63) is 78.1 Å². The average molecular weight is 423 g/mol. The van der Waals surface area contributed by atoms with Gasteiger partial charge in [-0.05, 0) is 36.6 Å². The molecule has 30 heavy (non-hydrogen) atoms. The number of hydrogen-bond acceptors (Lipinski definition) is 5. The molecule has 1 aromatic heterocycles. The van der Waals surface area contributed by atoms with Gasteiger partial charge < -0.3 is 10.1 Å². The first kappa shape index (κ1) is 21.6. The van der Waals surface area contributed by atoms with Crippen LogP contribution in [0.5, 0.6) is 5.75 Å². The van der Waals surface area contributed by atoms with Gasteiger partial charge in [-0.15, -0.1) is 16.8 Å². The maximum absolute atomic E-state index is 12.4. The zero-order valence-corrected chi connectivity index (χ0v) is 18.1. The molecule has 0 fully saturated rings. The fraction of sp³-hybridized carbons (Fsp3) is 0.261. The molecule has 0 saturated heterocycles. The number of allylic oxidation sites excluding steroid dienone is 1. The average Bonchev–Trinajstić information content (AvgIpc) is 3.14. The van der Waals surface area contributed by atoms with Crippen molar-refractivity contribution in [3.63, 3.8) is 0 Å². The third-order valence-electron chi connectivity index (χ3n) is 4.56. The zero-order chi connectivity index (χ0) is 21.3. The zero-order valence-electron chi connectivity index (χ0n) is 17.3. The molecule has 0 spiro atoms. The van der Waals surface area contributed by atoms with Gasteiger partial charge in [-0.3, -0.25) is 9.36 Å². The molecule has 3 rings (SSSR count). The molecule has 1 amide bonds. The van der Waals surface area contributed by atoms with Gasteiger partial charge in [0.2, 0.25) is 5.91 Å². The van der Waals surface area contributed by atoms with E-state index >= 15 is 0 Å². The number of rotatable bonds is 10. The number of amides is 1. The summed E-state index contributed by atoms with van der Waals surface area (Å²) in [6.07, 6.45) is 2.64. The van der Waals surface area contributed by atoms with Crippen LogP contribution in [0.15, 0.2) is 66.3 Å². The third kappa shape index (κ3) is 5.51. The van der Waals surface area contributed by atoms with Crippen LogP contribution in [0.2, 0.25) is 0 Å². The Balaban J connectivity index is 1.63. The van der Waals surface area contributed by atoms with E-state index in [1.807, 2.05) is 60.0 Å². The van der Waals surface area contributed by atoms with Crippen LogP contribution in [0, 0.1) is 6.92 Å². The molecule has 0 aliphatic rings. The highest BCUT2D eigenvalue weighted by atomic mass is 32.2. The molecule has 1 heterocycles. The van der Waals surface area contributed by atoms with Crippen LogP contribution in [0.3, 0.4) is 0 Å². The summed E-state index contributed by atoms with van der Waals surface area (Å²) < 4.78 is 7.83. The Morgan fingerprint density at radius 3 is 2.73 bits per heavy atom. The van der Waals surface area contributed by atoms with Gasteiger partial charge in [0.1, 0.15) is 12.4 Å². The van der Waals surface area contributed by atoms with Crippen molar-refractivity contribution in [2.45, 2.75) is 38.6 Å². The maximum Gasteiger partial charge on any atom is 0.234 e. The van der Waals surface area contributed by atoms with Crippen LogP contribution in [-0.4, -0.2) is 26.4 Å². The molecule has 1 N–H and O–H groups in total. The van der Waals surface area contributed by atoms with Gasteiger partial charge in [0.05, 0.1) is 5.75 Å². The highest BCUT2D eigenvalue weighted by Crippen LogP contribution is 2.22. The Kier molecular flexibility index (Phi) is 7.68. The summed E-state index contributed by atoms with van der Waals surface area (Å²) in [5, 5.41) is 12.2. The van der Waals surface area contributed by atoms with Crippen LogP contribution in [0.4, 0.5) is 5.69 Å². The van der Waals surface area contributed by atoms with Crippen LogP contribution < -0.4 is 10.1 Å². The topological polar surface area (TPSA) is 69.0 Å². The van der Waals surface area contributed by atoms with E-state index in [2.05, 4.69) is 29.0 Å². The normalized spacial score (nSPS) is 10.6. The maximum atomic E-state index is 12.4. The molecular formula is C23H26N4O2S. The Morgan fingerprint density at radius 2 is 1.97 bits per heavy atom. The molecule has 0 aliphatic heterocycles. The molecular weight excluding hydrogens is 396 g/mol. The van der Waals surface area contributed by atoms with E-state index in [4.69, 9.17) is 4.74 Å². The number of aryl methyl sites for hydroxylation is 2. The van der Waals surface area contributed by atoms with Gasteiger partial charge in [0, 0.05) is 12.2 Å². The van der Waals surface area contributed by atoms with Crippen LogP contribution in [0.1, 0.15) is 23.9 Å². The lowest BCUT2D eigenvalue weighted by molar-refractivity contribution is -0.113. The number of benzene rings is 2. The second-order valence-corrected chi connectivity index (χ2v) is 7.64. The van der Waals surface area contributed by atoms with E-state index in [1.54, 1.807) is 6.08 Å². The van der Waals surface area contributed by atoms with Gasteiger partial charge in [-0.25, -0.2) is 0 Å². The Bertz CT molecular complexity index is 1020. The Morgan fingerprint density at radius 1 is 1.20 bits per heavy atom. The smallest absolute Gasteiger partial charge is 0.234 e. The first-order chi connectivity index (χ1) is 14.6. The number of anilines is 1. The molecule has 0 unspecified atom stereocenters. The lowest BCUT2D eigenvalue weighted by Crippen LogP contribution is -2.16. The van der Waals surface area contributed by atoms with Crippen molar-refractivity contribution < 1.29 is 9.53 Å². The lowest BCUT2D eigenvalue weighted by atomic mass is 10.1. The van der Waals surface area contributed by atoms with Gasteiger partial charge in [-0.2, -0.15) is 0 Å². The first-order valence-corrected chi connectivity index (χ1v) is 10.8. The molecule has 156 valence electrons. The van der Waals surface area contributed by atoms with Crippen molar-refractivity contribution >= 4 is 23.4 Å². The number of carbonyl (C=O) groups excluding carboxylic acids is 1. The third-order valence-corrected chi connectivity index (χ3v) is 5.53. The number of nitrogens with one attached hydrogen (secondary N) is 1. The van der Waals surface area contributed by atoms with Crippen molar-refractivity contribution in [1.29, 1.82) is 0 Å². The quantitative estimate of drug-likeness (QED) is 0.381. The standard InChI is InChI=1S/C23H26N4O2S/c1-4-14-27-21(15-29-20-13-9-6-10-17(20)3)25-26-23(27)30-16-22(28)24-19-12-8-7-11-18(19)5-2/h4,6-13H,1,5,14-16H2,2-3H3,(H,24,28). The summed E-state index contributed by atoms with van der Waals surface area (Å²) in [6, 6.07) is 15.7. The van der Waals surface area contributed by atoms with Gasteiger partial charge in [-0.1, -0.05) is 61.2 Å². The summed E-state index contributed by atoms with van der Waals surface area (Å²) in [5.41, 5.74) is 3.03. The minimum absolute atomic E-state index is 0.0771. The van der Waals surface area contributed by atoms with E-state index in [1.165, 1.54) is 11.8 Å². The highest BCUT2D eigenvalue weighted by molar-refractivity contribution is 7.99. The molecule has 2 aromatic carbocycles. The summed E-state index contributed by atoms with van der Waals surface area (Å²) >= 11 is 1.35. The molecule has 0 aliphatic carbocycles. The predicted octanol–water partition coefficient (Wildman–Crippen LogP) is 4.64. The number of thioether (sulfide) groups is 1. The van der Waals surface area contributed by atoms with Crippen molar-refractivity contribution in [3.8, 4) is 5.75 Å². The minimum Gasteiger partial charge on any atom is -0.485 e. The number of carbonyl (C=O) groups is 1. The summed E-state index contributed by atoms with van der Waals surface area (Å²) in [6.45, 7) is 8.72. The minimum atomic E-state index is -0.0771. The molecule has 7 heteroatoms. The van der Waals surface area contributed by atoms with Gasteiger partial charge in [0.15, 0.2) is 11.0 Å². The second kappa shape index (κ2) is 10.6. The molecule has 0 bridgehead atoms. The Labute approximate surface area is 181 Å². The monoisotopic (exact) mass is 422 g/mol. The predicted molar refractivity (Wildman–Crippen MR) is 121 cm³/mol. The first-order valence-electron chi connectivity index (χ1n) is 9.84. The number of ether oxygens (including phenoxy) is 1. The summed E-state index contributed by atoms with van der Waals surface area (Å²) in [7, 11) is 0. The van der Waals surface area contributed by atoms with Crippen LogP contribution in [0.25, 0.3) is 0 Å². The number of nitrogens with zero attached hydrogens (tertiary/aromatic N) is 3. The van der Waals surface area contributed by atoms with Crippen molar-refractivity contribution in [1.82, 2.24) is 14.8 Å². The number of para-hydroxylation sites is 2. The van der Waals surface area contributed by atoms with E-state index < -0.39 is 0 Å². The lowest BCUT2D eigenvalue weighted by Gasteiger charge is -2.11. The summed E-state index contributed by atoms with van der Waals surface area (Å²) in [4.78, 5) is 12.4. The van der Waals surface area contributed by atoms with Crippen LogP contribution in [-0.2, 0) is 24.4 Å². The number of aromatic nitrogens is 3. The summed E-state index contributed by atoms with van der Waals surface area (Å²) in [5.74, 6) is 1.67. The molecule has 3 aromatic rings. The SMILES string of the molecule is C=CCn1c(COc2ccccc2C)nnc1SCC(=O)Nc1ccccc1CC. The molecule has 0 radical (unpaired) electrons. The fourth-order valence-corrected chi connectivity index (χ4v) is 3.74. The molecule has 6 nitrogen and oxygen atoms in total. The fourth-order valence-electron chi connectivity index (χ4n) is 2.97. The van der Waals surface area contributed by atoms with Crippen molar-refractivity contribution in [2.24, 2.45) is 0 Å². The molecule has 0 atom stereocenters. The van der Waals surface area contributed by atoms with E-state index in [0.717, 1.165) is 29.0 Å². The van der Waals surface area contributed by atoms with E-state index in [9.17, 15) is 4.79 Å². The van der Waals surface area contributed by atoms with E-state index in [-0.39, 0.29) is 11.7 Å². The molecule has 0 saturated carbocycles. The van der Waals surface area contributed by atoms with Gasteiger partial charge in [0.25, 0.3) is 0 Å². The largest absolute Gasteiger partial charge is 0.485 e. The Hall–Kier alpha value is -3.06. The number of hydrogen-bond donors (Lipinski definition) is 1. The second-order valence-electron chi connectivity index (χ2n) is 6.70. The van der Waals surface area contributed by atoms with E-state index in [0.29, 0.717) is 24.1 Å². The van der Waals surface area contributed by atoms with Crippen LogP contribution >= 0.6 is 11.8 Å². The van der Waals surface area contributed by atoms with Gasteiger partial charge >= 0.3 is 0 Å². The van der Waals surface area contributed by atoms with Crippen molar-refractivity contribution in [2.75, 3.05) is 11.1 Å². The highest BCUT2D eigenvalue weighted by Gasteiger charge is 2.15.